The van der Waals surface area contributed by atoms with Crippen LogP contribution in [0.5, 0.6) is 0 Å². The number of hydrogen-bond acceptors (Lipinski definition) is 4. The fraction of sp³-hybridized carbons (Fsp3) is 0.412. The van der Waals surface area contributed by atoms with Gasteiger partial charge in [0, 0.05) is 36.7 Å². The van der Waals surface area contributed by atoms with Crippen LogP contribution >= 0.6 is 12.2 Å². The Labute approximate surface area is 158 Å². The summed E-state index contributed by atoms with van der Waals surface area (Å²) in [4.78, 5) is 0. The molecule has 0 spiro atoms. The first kappa shape index (κ1) is 18.1. The molecule has 3 aromatic heterocycles. The minimum absolute atomic E-state index is 0.559. The molecule has 0 aliphatic heterocycles. The number of aromatic nitrogens is 6. The molecule has 0 radical (unpaired) electrons. The maximum absolute atomic E-state index is 5.37. The Morgan fingerprint density at radius 3 is 2.65 bits per heavy atom. The van der Waals surface area contributed by atoms with Crippen molar-refractivity contribution >= 4 is 23.0 Å². The van der Waals surface area contributed by atoms with Gasteiger partial charge in [-0.25, -0.2) is 0 Å². The van der Waals surface area contributed by atoms with Gasteiger partial charge in [0.15, 0.2) is 5.11 Å². The second kappa shape index (κ2) is 8.13. The Morgan fingerprint density at radius 2 is 1.92 bits per heavy atom. The van der Waals surface area contributed by atoms with E-state index in [1.807, 2.05) is 32.5 Å². The Hall–Kier alpha value is -2.68. The Bertz CT molecular complexity index is 875. The van der Waals surface area contributed by atoms with Crippen molar-refractivity contribution in [3.63, 3.8) is 0 Å². The summed E-state index contributed by atoms with van der Waals surface area (Å²) in [6.07, 6.45) is 7.40. The Morgan fingerprint density at radius 1 is 1.12 bits per heavy atom. The lowest BCUT2D eigenvalue weighted by atomic mass is 10.2. The van der Waals surface area contributed by atoms with E-state index in [0.29, 0.717) is 18.2 Å². The van der Waals surface area contributed by atoms with Crippen molar-refractivity contribution in [2.24, 2.45) is 0 Å². The van der Waals surface area contributed by atoms with Crippen LogP contribution in [0, 0.1) is 6.92 Å². The predicted octanol–water partition coefficient (Wildman–Crippen LogP) is 2.16. The third-order valence-electron chi connectivity index (χ3n) is 4.26. The molecule has 26 heavy (non-hydrogen) atoms. The van der Waals surface area contributed by atoms with Gasteiger partial charge in [-0.2, -0.15) is 15.3 Å². The van der Waals surface area contributed by atoms with Gasteiger partial charge < -0.3 is 10.6 Å². The molecule has 0 fully saturated rings. The summed E-state index contributed by atoms with van der Waals surface area (Å²) in [5.74, 6) is 0. The molecule has 2 N–H and O–H groups in total. The zero-order valence-corrected chi connectivity index (χ0v) is 16.1. The van der Waals surface area contributed by atoms with E-state index >= 15 is 0 Å². The first-order chi connectivity index (χ1) is 12.6. The average molecular weight is 373 g/mol. The number of aryl methyl sites for hydroxylation is 2. The monoisotopic (exact) mass is 372 g/mol. The highest BCUT2D eigenvalue weighted by atomic mass is 32.1. The molecule has 0 unspecified atom stereocenters. The SMILES string of the molecule is CCn1nccc1CNC(=S)Nc1cnn(Cc2cnn(CC)c2C)c1. The van der Waals surface area contributed by atoms with Gasteiger partial charge in [0.05, 0.1) is 36.9 Å². The molecule has 0 aliphatic rings. The van der Waals surface area contributed by atoms with Crippen molar-refractivity contribution in [1.29, 1.82) is 0 Å². The molecule has 0 amide bonds. The number of thiocarbonyl (C=S) groups is 1. The smallest absolute Gasteiger partial charge is 0.171 e. The molecule has 0 bridgehead atoms. The maximum atomic E-state index is 5.37. The van der Waals surface area contributed by atoms with Gasteiger partial charge in [0.2, 0.25) is 0 Å². The molecule has 0 aliphatic carbocycles. The molecule has 3 rings (SSSR count). The molecule has 0 saturated carbocycles. The van der Waals surface area contributed by atoms with Crippen LogP contribution < -0.4 is 10.6 Å². The van der Waals surface area contributed by atoms with E-state index in [1.165, 1.54) is 5.69 Å². The van der Waals surface area contributed by atoms with Crippen LogP contribution in [0.1, 0.15) is 30.8 Å². The molecule has 0 saturated heterocycles. The van der Waals surface area contributed by atoms with Crippen molar-refractivity contribution in [2.75, 3.05) is 5.32 Å². The van der Waals surface area contributed by atoms with Crippen LogP contribution in [-0.2, 0) is 26.2 Å². The van der Waals surface area contributed by atoms with E-state index in [2.05, 4.69) is 46.7 Å². The molecule has 3 aromatic rings. The van der Waals surface area contributed by atoms with Gasteiger partial charge in [-0.1, -0.05) is 0 Å². The lowest BCUT2D eigenvalue weighted by Crippen LogP contribution is -2.28. The van der Waals surface area contributed by atoms with Crippen LogP contribution in [0.3, 0.4) is 0 Å². The maximum Gasteiger partial charge on any atom is 0.171 e. The van der Waals surface area contributed by atoms with Gasteiger partial charge in [-0.05, 0) is 39.1 Å². The third-order valence-corrected chi connectivity index (χ3v) is 4.51. The number of hydrogen-bond donors (Lipinski definition) is 2. The van der Waals surface area contributed by atoms with Crippen molar-refractivity contribution in [2.45, 2.75) is 47.0 Å². The molecular weight excluding hydrogens is 348 g/mol. The zero-order chi connectivity index (χ0) is 18.5. The van der Waals surface area contributed by atoms with Crippen LogP contribution in [0.2, 0.25) is 0 Å². The van der Waals surface area contributed by atoms with Crippen molar-refractivity contribution < 1.29 is 0 Å². The summed E-state index contributed by atoms with van der Waals surface area (Å²) >= 11 is 5.37. The largest absolute Gasteiger partial charge is 0.357 e. The summed E-state index contributed by atoms with van der Waals surface area (Å²) in [7, 11) is 0. The predicted molar refractivity (Wildman–Crippen MR) is 105 cm³/mol. The van der Waals surface area contributed by atoms with Crippen molar-refractivity contribution in [3.05, 3.63) is 47.8 Å². The molecule has 3 heterocycles. The van der Waals surface area contributed by atoms with Gasteiger partial charge >= 0.3 is 0 Å². The second-order valence-electron chi connectivity index (χ2n) is 5.94. The molecule has 8 nitrogen and oxygen atoms in total. The normalized spacial score (nSPS) is 10.9. The van der Waals surface area contributed by atoms with Crippen LogP contribution in [0.4, 0.5) is 5.69 Å². The summed E-state index contributed by atoms with van der Waals surface area (Å²) in [6.45, 7) is 9.25. The number of anilines is 1. The molecule has 0 aromatic carbocycles. The van der Waals surface area contributed by atoms with Crippen molar-refractivity contribution in [3.8, 4) is 0 Å². The topological polar surface area (TPSA) is 77.5 Å². The molecule has 138 valence electrons. The molecule has 0 atom stereocenters. The highest BCUT2D eigenvalue weighted by Crippen LogP contribution is 2.11. The van der Waals surface area contributed by atoms with E-state index < -0.39 is 0 Å². The highest BCUT2D eigenvalue weighted by molar-refractivity contribution is 7.80. The lowest BCUT2D eigenvalue weighted by Gasteiger charge is -2.10. The summed E-state index contributed by atoms with van der Waals surface area (Å²) in [5, 5.41) is 19.9. The second-order valence-corrected chi connectivity index (χ2v) is 6.35. The fourth-order valence-corrected chi connectivity index (χ4v) is 2.98. The Kier molecular flexibility index (Phi) is 5.67. The minimum atomic E-state index is 0.559. The van der Waals surface area contributed by atoms with E-state index in [9.17, 15) is 0 Å². The van der Waals surface area contributed by atoms with Gasteiger partial charge in [0.1, 0.15) is 0 Å². The molecule has 9 heteroatoms. The van der Waals surface area contributed by atoms with Crippen LogP contribution in [0.25, 0.3) is 0 Å². The lowest BCUT2D eigenvalue weighted by molar-refractivity contribution is 0.614. The number of nitrogens with zero attached hydrogens (tertiary/aromatic N) is 6. The third kappa shape index (κ3) is 4.10. The van der Waals surface area contributed by atoms with E-state index in [-0.39, 0.29) is 0 Å². The van der Waals surface area contributed by atoms with Gasteiger partial charge in [-0.15, -0.1) is 0 Å². The summed E-state index contributed by atoms with van der Waals surface area (Å²) in [6, 6.07) is 1.98. The Balaban J connectivity index is 1.54. The van der Waals surface area contributed by atoms with Crippen molar-refractivity contribution in [1.82, 2.24) is 34.7 Å². The molecular formula is C17H24N8S. The van der Waals surface area contributed by atoms with Crippen LogP contribution in [0.15, 0.2) is 30.9 Å². The zero-order valence-electron chi connectivity index (χ0n) is 15.3. The first-order valence-corrected chi connectivity index (χ1v) is 9.10. The number of rotatable bonds is 7. The standard InChI is InChI=1S/C17H24N8S/c1-4-24-13(3)14(8-21-24)11-23-12-15(9-20-23)22-17(26)18-10-16-6-7-19-25(16)5-2/h6-9,12H,4-5,10-11H2,1-3H3,(H2,18,22,26). The first-order valence-electron chi connectivity index (χ1n) is 8.70. The number of nitrogens with one attached hydrogen (secondary N) is 2. The van der Waals surface area contributed by atoms with Crippen LogP contribution in [-0.4, -0.2) is 34.5 Å². The fourth-order valence-electron chi connectivity index (χ4n) is 2.79. The van der Waals surface area contributed by atoms with E-state index in [1.54, 1.807) is 12.4 Å². The highest BCUT2D eigenvalue weighted by Gasteiger charge is 2.08. The summed E-state index contributed by atoms with van der Waals surface area (Å²) in [5.41, 5.74) is 4.28. The van der Waals surface area contributed by atoms with E-state index in [4.69, 9.17) is 12.2 Å². The minimum Gasteiger partial charge on any atom is -0.357 e. The van der Waals surface area contributed by atoms with Gasteiger partial charge in [0.25, 0.3) is 0 Å². The summed E-state index contributed by atoms with van der Waals surface area (Å²) < 4.78 is 5.80. The van der Waals surface area contributed by atoms with E-state index in [0.717, 1.165) is 30.0 Å². The quantitative estimate of drug-likeness (QED) is 0.619. The van der Waals surface area contributed by atoms with Gasteiger partial charge in [-0.3, -0.25) is 14.0 Å². The average Bonchev–Trinajstić information content (AvgIpc) is 3.35.